The summed E-state index contributed by atoms with van der Waals surface area (Å²) in [5.41, 5.74) is 1.34. The Labute approximate surface area is 108 Å². The van der Waals surface area contributed by atoms with Gasteiger partial charge in [-0.05, 0) is 11.5 Å². The minimum absolute atomic E-state index is 0.606. The molecule has 0 aliphatic heterocycles. The number of anilines is 1. The Hall–Kier alpha value is -1.15. The van der Waals surface area contributed by atoms with Crippen LogP contribution in [0.5, 0.6) is 0 Å². The van der Waals surface area contributed by atoms with Crippen LogP contribution in [0.1, 0.15) is 13.8 Å². The molecule has 0 bridgehead atoms. The maximum atomic E-state index is 2.24. The second kappa shape index (κ2) is 5.01. The first kappa shape index (κ1) is 12.3. The zero-order chi connectivity index (χ0) is 12.4. The summed E-state index contributed by atoms with van der Waals surface area (Å²) in [5, 5.41) is 3.25. The second-order valence-corrected chi connectivity index (χ2v) is 6.31. The van der Waals surface area contributed by atoms with Crippen molar-refractivity contribution < 1.29 is 0 Å². The van der Waals surface area contributed by atoms with Gasteiger partial charge in [-0.25, -0.2) is 0 Å². The third-order valence-electron chi connectivity index (χ3n) is 2.67. The van der Waals surface area contributed by atoms with Gasteiger partial charge in [0.05, 0.1) is 5.69 Å². The van der Waals surface area contributed by atoms with Crippen molar-refractivity contribution in [2.45, 2.75) is 24.0 Å². The zero-order valence-electron chi connectivity index (χ0n) is 10.9. The summed E-state index contributed by atoms with van der Waals surface area (Å²) >= 11 is 1.93. The average molecular weight is 245 g/mol. The Morgan fingerprint density at radius 1 is 1.00 bits per heavy atom. The molecule has 0 saturated carbocycles. The van der Waals surface area contributed by atoms with E-state index in [2.05, 4.69) is 69.2 Å². The molecule has 2 aromatic carbocycles. The summed E-state index contributed by atoms with van der Waals surface area (Å²) < 4.78 is 0. The molecule has 0 aliphatic carbocycles. The molecule has 0 amide bonds. The molecule has 90 valence electrons. The number of hydrogen-bond donors (Lipinski definition) is 0. The molecule has 0 fully saturated rings. The first-order valence-corrected chi connectivity index (χ1v) is 6.83. The Bertz CT molecular complexity index is 517. The molecule has 0 aromatic heterocycles. The second-order valence-electron chi connectivity index (χ2n) is 4.69. The van der Waals surface area contributed by atoms with Crippen molar-refractivity contribution in [3.8, 4) is 0 Å². The Kier molecular flexibility index (Phi) is 3.63. The molecule has 0 atom stereocenters. The van der Waals surface area contributed by atoms with Crippen LogP contribution in [0, 0.1) is 0 Å². The molecule has 0 saturated heterocycles. The number of hydrogen-bond acceptors (Lipinski definition) is 2. The van der Waals surface area contributed by atoms with Crippen LogP contribution in [-0.2, 0) is 0 Å². The van der Waals surface area contributed by atoms with Crippen LogP contribution in [0.4, 0.5) is 5.69 Å². The van der Waals surface area contributed by atoms with E-state index in [0.717, 1.165) is 0 Å². The van der Waals surface area contributed by atoms with Crippen molar-refractivity contribution >= 4 is 28.2 Å². The summed E-state index contributed by atoms with van der Waals surface area (Å²) in [5.74, 6) is 0. The number of benzene rings is 2. The maximum absolute atomic E-state index is 2.24. The van der Waals surface area contributed by atoms with E-state index in [1.807, 2.05) is 11.8 Å². The van der Waals surface area contributed by atoms with Crippen LogP contribution in [0.25, 0.3) is 10.8 Å². The van der Waals surface area contributed by atoms with Crippen molar-refractivity contribution in [2.75, 3.05) is 19.0 Å². The molecule has 0 N–H and O–H groups in total. The summed E-state index contributed by atoms with van der Waals surface area (Å²) in [7, 11) is 4.23. The van der Waals surface area contributed by atoms with Gasteiger partial charge in [0, 0.05) is 29.6 Å². The molecular weight excluding hydrogens is 226 g/mol. The highest BCUT2D eigenvalue weighted by Crippen LogP contribution is 2.37. The number of fused-ring (bicyclic) bond motifs is 1. The average Bonchev–Trinajstić information content (AvgIpc) is 2.27. The van der Waals surface area contributed by atoms with Gasteiger partial charge in [0.2, 0.25) is 0 Å². The van der Waals surface area contributed by atoms with Crippen molar-refractivity contribution in [3.05, 3.63) is 36.4 Å². The fraction of sp³-hybridized carbons (Fsp3) is 0.333. The van der Waals surface area contributed by atoms with Crippen molar-refractivity contribution in [2.24, 2.45) is 0 Å². The molecule has 0 heterocycles. The Morgan fingerprint density at radius 2 is 1.71 bits per heavy atom. The molecule has 0 radical (unpaired) electrons. The molecular formula is C15H19NS. The van der Waals surface area contributed by atoms with Crippen molar-refractivity contribution in [1.29, 1.82) is 0 Å². The van der Waals surface area contributed by atoms with Crippen molar-refractivity contribution in [3.63, 3.8) is 0 Å². The first-order chi connectivity index (χ1) is 8.09. The largest absolute Gasteiger partial charge is 0.376 e. The molecule has 0 unspecified atom stereocenters. The lowest BCUT2D eigenvalue weighted by Crippen LogP contribution is -2.10. The highest BCUT2D eigenvalue weighted by atomic mass is 32.2. The monoisotopic (exact) mass is 245 g/mol. The topological polar surface area (TPSA) is 3.24 Å². The van der Waals surface area contributed by atoms with Gasteiger partial charge in [0.25, 0.3) is 0 Å². The number of thioether (sulfide) groups is 1. The zero-order valence-corrected chi connectivity index (χ0v) is 11.7. The van der Waals surface area contributed by atoms with Crippen LogP contribution in [0.3, 0.4) is 0 Å². The van der Waals surface area contributed by atoms with E-state index < -0.39 is 0 Å². The lowest BCUT2D eigenvalue weighted by atomic mass is 10.1. The summed E-state index contributed by atoms with van der Waals surface area (Å²) in [4.78, 5) is 3.58. The van der Waals surface area contributed by atoms with Gasteiger partial charge in [-0.2, -0.15) is 0 Å². The molecule has 1 nitrogen and oxygen atoms in total. The van der Waals surface area contributed by atoms with Gasteiger partial charge < -0.3 is 4.90 Å². The lowest BCUT2D eigenvalue weighted by molar-refractivity contribution is 1.09. The van der Waals surface area contributed by atoms with Gasteiger partial charge in [-0.15, -0.1) is 11.8 Å². The van der Waals surface area contributed by atoms with Gasteiger partial charge in [0.15, 0.2) is 0 Å². The summed E-state index contributed by atoms with van der Waals surface area (Å²) in [6.07, 6.45) is 0. The van der Waals surface area contributed by atoms with Crippen LogP contribution in [-0.4, -0.2) is 19.3 Å². The van der Waals surface area contributed by atoms with Crippen LogP contribution in [0.15, 0.2) is 41.3 Å². The normalized spacial score (nSPS) is 11.1. The molecule has 17 heavy (non-hydrogen) atoms. The van der Waals surface area contributed by atoms with E-state index in [0.29, 0.717) is 5.25 Å². The molecule has 2 aromatic rings. The third-order valence-corrected chi connectivity index (χ3v) is 3.73. The highest BCUT2D eigenvalue weighted by molar-refractivity contribution is 8.00. The van der Waals surface area contributed by atoms with E-state index in [9.17, 15) is 0 Å². The molecule has 2 rings (SSSR count). The summed E-state index contributed by atoms with van der Waals surface area (Å²) in [6.45, 7) is 4.47. The highest BCUT2D eigenvalue weighted by Gasteiger charge is 2.10. The SMILES string of the molecule is CC(C)Sc1ccc2ccccc2c1N(C)C. The van der Waals surface area contributed by atoms with Crippen LogP contribution < -0.4 is 4.90 Å². The maximum Gasteiger partial charge on any atom is 0.0578 e. The van der Waals surface area contributed by atoms with E-state index in [1.165, 1.54) is 21.4 Å². The standard InChI is InChI=1S/C15H19NS/c1-11(2)17-14-10-9-12-7-5-6-8-13(12)15(14)16(3)4/h5-11H,1-4H3. The Balaban J connectivity index is 2.64. The number of rotatable bonds is 3. The fourth-order valence-electron chi connectivity index (χ4n) is 2.05. The van der Waals surface area contributed by atoms with Crippen LogP contribution >= 0.6 is 11.8 Å². The minimum Gasteiger partial charge on any atom is -0.376 e. The van der Waals surface area contributed by atoms with E-state index >= 15 is 0 Å². The van der Waals surface area contributed by atoms with E-state index in [4.69, 9.17) is 0 Å². The van der Waals surface area contributed by atoms with Gasteiger partial charge in [-0.1, -0.05) is 44.2 Å². The molecule has 0 spiro atoms. The fourth-order valence-corrected chi connectivity index (χ4v) is 3.10. The Morgan fingerprint density at radius 3 is 2.35 bits per heavy atom. The van der Waals surface area contributed by atoms with Crippen molar-refractivity contribution in [1.82, 2.24) is 0 Å². The molecule has 0 aliphatic rings. The van der Waals surface area contributed by atoms with Gasteiger partial charge in [0.1, 0.15) is 0 Å². The van der Waals surface area contributed by atoms with E-state index in [1.54, 1.807) is 0 Å². The molecule has 2 heteroatoms. The summed E-state index contributed by atoms with van der Waals surface area (Å²) in [6, 6.07) is 13.0. The predicted octanol–water partition coefficient (Wildman–Crippen LogP) is 4.41. The van der Waals surface area contributed by atoms with Crippen LogP contribution in [0.2, 0.25) is 0 Å². The van der Waals surface area contributed by atoms with E-state index in [-0.39, 0.29) is 0 Å². The quantitative estimate of drug-likeness (QED) is 0.737. The first-order valence-electron chi connectivity index (χ1n) is 5.95. The third kappa shape index (κ3) is 2.58. The lowest BCUT2D eigenvalue weighted by Gasteiger charge is -2.20. The minimum atomic E-state index is 0.606. The van der Waals surface area contributed by atoms with Gasteiger partial charge >= 0.3 is 0 Å². The number of nitrogens with zero attached hydrogens (tertiary/aromatic N) is 1. The van der Waals surface area contributed by atoms with Gasteiger partial charge in [-0.3, -0.25) is 0 Å². The predicted molar refractivity (Wildman–Crippen MR) is 79.3 cm³/mol. The smallest absolute Gasteiger partial charge is 0.0578 e.